The summed E-state index contributed by atoms with van der Waals surface area (Å²) < 4.78 is 0. The predicted octanol–water partition coefficient (Wildman–Crippen LogP) is 5.67. The van der Waals surface area contributed by atoms with Gasteiger partial charge in [0.15, 0.2) is 0 Å². The fourth-order valence-corrected chi connectivity index (χ4v) is 3.47. The highest BCUT2D eigenvalue weighted by Crippen LogP contribution is 2.27. The van der Waals surface area contributed by atoms with Gasteiger partial charge in [0.1, 0.15) is 5.82 Å². The van der Waals surface area contributed by atoms with Crippen molar-refractivity contribution in [2.45, 2.75) is 26.2 Å². The summed E-state index contributed by atoms with van der Waals surface area (Å²) in [6.45, 7) is 4.04. The van der Waals surface area contributed by atoms with Crippen molar-refractivity contribution in [1.29, 1.82) is 0 Å². The first-order chi connectivity index (χ1) is 13.7. The van der Waals surface area contributed by atoms with Crippen molar-refractivity contribution in [2.75, 3.05) is 5.32 Å². The Morgan fingerprint density at radius 1 is 1.04 bits per heavy atom. The fraction of sp³-hybridized carbons (Fsp3) is 0.167. The number of benzene rings is 3. The number of carbonyl (C=O) groups excluding carboxylic acids is 1. The molecule has 4 rings (SSSR count). The maximum Gasteiger partial charge on any atom is 0.231 e. The van der Waals surface area contributed by atoms with Crippen LogP contribution in [0.4, 0.5) is 5.69 Å². The molecule has 0 saturated carbocycles. The Hall–Kier alpha value is -3.40. The summed E-state index contributed by atoms with van der Waals surface area (Å²) in [6.07, 6.45) is 0.748. The summed E-state index contributed by atoms with van der Waals surface area (Å²) in [7, 11) is 0. The molecule has 28 heavy (non-hydrogen) atoms. The number of fused-ring (bicyclic) bond motifs is 1. The number of nitrogens with zero attached hydrogens (tertiary/aromatic N) is 1. The van der Waals surface area contributed by atoms with Crippen molar-refractivity contribution >= 4 is 22.6 Å². The van der Waals surface area contributed by atoms with Gasteiger partial charge in [-0.3, -0.25) is 4.79 Å². The molecular formula is C24H23N3O. The quantitative estimate of drug-likeness (QED) is 0.476. The van der Waals surface area contributed by atoms with Gasteiger partial charge in [-0.15, -0.1) is 0 Å². The van der Waals surface area contributed by atoms with E-state index in [1.165, 1.54) is 0 Å². The first kappa shape index (κ1) is 18.0. The first-order valence-corrected chi connectivity index (χ1v) is 9.57. The van der Waals surface area contributed by atoms with Crippen LogP contribution in [0.3, 0.4) is 0 Å². The lowest BCUT2D eigenvalue weighted by atomic mass is 9.95. The summed E-state index contributed by atoms with van der Waals surface area (Å²) in [5.74, 6) is 0.640. The molecule has 0 aliphatic heterocycles. The number of rotatable bonds is 5. The van der Waals surface area contributed by atoms with E-state index in [1.54, 1.807) is 0 Å². The topological polar surface area (TPSA) is 57.8 Å². The minimum absolute atomic E-state index is 0.0126. The average Bonchev–Trinajstić information content (AvgIpc) is 3.15. The molecule has 1 heterocycles. The van der Waals surface area contributed by atoms with Crippen LogP contribution in [-0.2, 0) is 4.79 Å². The largest absolute Gasteiger partial charge is 0.338 e. The van der Waals surface area contributed by atoms with Crippen molar-refractivity contribution in [2.24, 2.45) is 0 Å². The summed E-state index contributed by atoms with van der Waals surface area (Å²) in [5, 5.41) is 3.12. The molecule has 4 nitrogen and oxygen atoms in total. The van der Waals surface area contributed by atoms with E-state index in [1.807, 2.05) is 86.6 Å². The number of aromatic amines is 1. The van der Waals surface area contributed by atoms with Crippen LogP contribution in [0, 0.1) is 6.92 Å². The number of anilines is 1. The number of aryl methyl sites for hydroxylation is 1. The third-order valence-electron chi connectivity index (χ3n) is 5.08. The highest BCUT2D eigenvalue weighted by molar-refractivity contribution is 5.97. The second-order valence-corrected chi connectivity index (χ2v) is 6.99. The highest BCUT2D eigenvalue weighted by Gasteiger charge is 2.19. The second-order valence-electron chi connectivity index (χ2n) is 6.99. The van der Waals surface area contributed by atoms with E-state index in [-0.39, 0.29) is 11.8 Å². The SMILES string of the molecule is CCC(C(=O)Nc1cc(-c2nc3ccccc3[nH]2)ccc1C)c1ccccc1. The average molecular weight is 369 g/mol. The molecular weight excluding hydrogens is 346 g/mol. The molecule has 3 aromatic carbocycles. The van der Waals surface area contributed by atoms with E-state index in [0.717, 1.165) is 45.7 Å². The summed E-state index contributed by atoms with van der Waals surface area (Å²) in [6, 6.07) is 23.9. The molecule has 0 fully saturated rings. The van der Waals surface area contributed by atoms with Crippen LogP contribution in [0.25, 0.3) is 22.4 Å². The molecule has 4 heteroatoms. The molecule has 1 aromatic heterocycles. The molecule has 1 amide bonds. The molecule has 0 aliphatic rings. The minimum atomic E-state index is -0.171. The van der Waals surface area contributed by atoms with Crippen LogP contribution in [0.1, 0.15) is 30.4 Å². The monoisotopic (exact) mass is 369 g/mol. The Kier molecular flexibility index (Phi) is 4.94. The number of nitrogens with one attached hydrogen (secondary N) is 2. The number of para-hydroxylation sites is 2. The Morgan fingerprint density at radius 2 is 1.79 bits per heavy atom. The third-order valence-corrected chi connectivity index (χ3v) is 5.08. The lowest BCUT2D eigenvalue weighted by Gasteiger charge is -2.17. The van der Waals surface area contributed by atoms with Crippen LogP contribution >= 0.6 is 0 Å². The maximum atomic E-state index is 13.0. The van der Waals surface area contributed by atoms with Crippen LogP contribution in [0.15, 0.2) is 72.8 Å². The van der Waals surface area contributed by atoms with Crippen LogP contribution in [0.5, 0.6) is 0 Å². The molecule has 2 N–H and O–H groups in total. The fourth-order valence-electron chi connectivity index (χ4n) is 3.47. The number of carbonyl (C=O) groups is 1. The van der Waals surface area contributed by atoms with E-state index in [4.69, 9.17) is 0 Å². The molecule has 1 atom stereocenters. The third kappa shape index (κ3) is 3.54. The predicted molar refractivity (Wildman–Crippen MR) is 114 cm³/mol. The van der Waals surface area contributed by atoms with E-state index >= 15 is 0 Å². The van der Waals surface area contributed by atoms with Crippen molar-refractivity contribution in [3.05, 3.63) is 83.9 Å². The van der Waals surface area contributed by atoms with E-state index in [0.29, 0.717) is 0 Å². The van der Waals surface area contributed by atoms with Gasteiger partial charge in [0.05, 0.1) is 17.0 Å². The number of imidazole rings is 1. The number of hydrogen-bond acceptors (Lipinski definition) is 2. The summed E-state index contributed by atoms with van der Waals surface area (Å²) in [5.41, 5.74) is 5.75. The van der Waals surface area contributed by atoms with Crippen molar-refractivity contribution in [3.8, 4) is 11.4 Å². The molecule has 140 valence electrons. The van der Waals surface area contributed by atoms with Gasteiger partial charge >= 0.3 is 0 Å². The zero-order valence-electron chi connectivity index (χ0n) is 16.1. The van der Waals surface area contributed by atoms with Crippen molar-refractivity contribution in [1.82, 2.24) is 9.97 Å². The molecule has 4 aromatic rings. The molecule has 0 saturated heterocycles. The van der Waals surface area contributed by atoms with Gasteiger partial charge in [-0.1, -0.05) is 61.5 Å². The van der Waals surface area contributed by atoms with E-state index in [2.05, 4.69) is 15.3 Å². The van der Waals surface area contributed by atoms with Crippen LogP contribution < -0.4 is 5.32 Å². The van der Waals surface area contributed by atoms with Crippen LogP contribution in [0.2, 0.25) is 0 Å². The highest BCUT2D eigenvalue weighted by atomic mass is 16.1. The Bertz CT molecular complexity index is 1080. The Morgan fingerprint density at radius 3 is 2.54 bits per heavy atom. The molecule has 0 spiro atoms. The molecule has 0 aliphatic carbocycles. The zero-order valence-corrected chi connectivity index (χ0v) is 16.1. The Balaban J connectivity index is 1.63. The maximum absolute atomic E-state index is 13.0. The van der Waals surface area contributed by atoms with Gasteiger partial charge in [0.25, 0.3) is 0 Å². The summed E-state index contributed by atoms with van der Waals surface area (Å²) >= 11 is 0. The summed E-state index contributed by atoms with van der Waals surface area (Å²) in [4.78, 5) is 21.0. The number of aromatic nitrogens is 2. The molecule has 0 bridgehead atoms. The van der Waals surface area contributed by atoms with Crippen molar-refractivity contribution < 1.29 is 4.79 Å². The van der Waals surface area contributed by atoms with Gasteiger partial charge in [-0.2, -0.15) is 0 Å². The van der Waals surface area contributed by atoms with Gasteiger partial charge < -0.3 is 10.3 Å². The normalized spacial score (nSPS) is 12.1. The Labute approximate surface area is 164 Å². The van der Waals surface area contributed by atoms with Gasteiger partial charge in [0.2, 0.25) is 5.91 Å². The van der Waals surface area contributed by atoms with Crippen LogP contribution in [-0.4, -0.2) is 15.9 Å². The van der Waals surface area contributed by atoms with Gasteiger partial charge in [-0.05, 0) is 42.7 Å². The molecule has 0 radical (unpaired) electrons. The number of H-pyrrole nitrogens is 1. The first-order valence-electron chi connectivity index (χ1n) is 9.57. The number of amides is 1. The van der Waals surface area contributed by atoms with Gasteiger partial charge in [-0.25, -0.2) is 4.98 Å². The minimum Gasteiger partial charge on any atom is -0.338 e. The lowest BCUT2D eigenvalue weighted by Crippen LogP contribution is -2.21. The number of hydrogen-bond donors (Lipinski definition) is 2. The van der Waals surface area contributed by atoms with E-state index < -0.39 is 0 Å². The zero-order chi connectivity index (χ0) is 19.5. The lowest BCUT2D eigenvalue weighted by molar-refractivity contribution is -0.117. The second kappa shape index (κ2) is 7.69. The van der Waals surface area contributed by atoms with E-state index in [9.17, 15) is 4.79 Å². The standard InChI is InChI=1S/C24H23N3O/c1-3-19(17-9-5-4-6-10-17)24(28)27-22-15-18(14-13-16(22)2)23-25-20-11-7-8-12-21(20)26-23/h4-15,19H,3H2,1-2H3,(H,25,26)(H,27,28). The smallest absolute Gasteiger partial charge is 0.231 e. The van der Waals surface area contributed by atoms with Gasteiger partial charge in [0, 0.05) is 11.3 Å². The van der Waals surface area contributed by atoms with Crippen molar-refractivity contribution in [3.63, 3.8) is 0 Å². The molecule has 1 unspecified atom stereocenters.